The van der Waals surface area contributed by atoms with Crippen LogP contribution in [0.2, 0.25) is 0 Å². The molecular formula is C12H20N4. The first-order valence-corrected chi connectivity index (χ1v) is 6.07. The zero-order valence-corrected chi connectivity index (χ0v) is 9.68. The van der Waals surface area contributed by atoms with Crippen LogP contribution in [0.4, 0.5) is 0 Å². The summed E-state index contributed by atoms with van der Waals surface area (Å²) in [6.45, 7) is 4.02. The van der Waals surface area contributed by atoms with Crippen molar-refractivity contribution in [3.8, 4) is 0 Å². The molecule has 0 amide bonds. The van der Waals surface area contributed by atoms with Crippen molar-refractivity contribution in [1.82, 2.24) is 14.9 Å². The van der Waals surface area contributed by atoms with Crippen LogP contribution in [0.5, 0.6) is 0 Å². The van der Waals surface area contributed by atoms with Crippen molar-refractivity contribution in [2.75, 3.05) is 19.6 Å². The molecule has 1 aromatic heterocycles. The van der Waals surface area contributed by atoms with E-state index in [1.807, 2.05) is 18.5 Å². The first-order chi connectivity index (χ1) is 7.88. The topological polar surface area (TPSA) is 55.0 Å². The van der Waals surface area contributed by atoms with Crippen molar-refractivity contribution < 1.29 is 0 Å². The molecule has 4 heteroatoms. The van der Waals surface area contributed by atoms with Gasteiger partial charge in [-0.25, -0.2) is 9.97 Å². The van der Waals surface area contributed by atoms with Gasteiger partial charge in [-0.3, -0.25) is 4.90 Å². The van der Waals surface area contributed by atoms with Gasteiger partial charge in [-0.05, 0) is 50.9 Å². The molecule has 2 N–H and O–H groups in total. The minimum atomic E-state index is 0.826. The van der Waals surface area contributed by atoms with Crippen LogP contribution in [-0.2, 0) is 6.54 Å². The molecule has 1 fully saturated rings. The van der Waals surface area contributed by atoms with Crippen molar-refractivity contribution in [3.63, 3.8) is 0 Å². The highest BCUT2D eigenvalue weighted by Crippen LogP contribution is 2.20. The predicted molar refractivity (Wildman–Crippen MR) is 63.7 cm³/mol. The average molecular weight is 220 g/mol. The molecule has 0 aromatic carbocycles. The highest BCUT2D eigenvalue weighted by Gasteiger charge is 2.18. The average Bonchev–Trinajstić information content (AvgIpc) is 2.33. The van der Waals surface area contributed by atoms with Crippen LogP contribution in [-0.4, -0.2) is 34.5 Å². The van der Waals surface area contributed by atoms with Gasteiger partial charge in [0.25, 0.3) is 0 Å². The number of aromatic nitrogens is 2. The predicted octanol–water partition coefficient (Wildman–Crippen LogP) is 1.04. The summed E-state index contributed by atoms with van der Waals surface area (Å²) in [5, 5.41) is 0. The molecule has 1 aliphatic rings. The van der Waals surface area contributed by atoms with Gasteiger partial charge in [0, 0.05) is 12.4 Å². The molecule has 88 valence electrons. The molecule has 16 heavy (non-hydrogen) atoms. The van der Waals surface area contributed by atoms with Gasteiger partial charge >= 0.3 is 0 Å². The van der Waals surface area contributed by atoms with Gasteiger partial charge in [0.15, 0.2) is 0 Å². The summed E-state index contributed by atoms with van der Waals surface area (Å²) in [6.07, 6.45) is 7.33. The second-order valence-electron chi connectivity index (χ2n) is 4.46. The number of hydrogen-bond donors (Lipinski definition) is 1. The molecule has 0 radical (unpaired) electrons. The summed E-state index contributed by atoms with van der Waals surface area (Å²) in [6, 6.07) is 1.86. The lowest BCUT2D eigenvalue weighted by Crippen LogP contribution is -2.34. The highest BCUT2D eigenvalue weighted by atomic mass is 15.1. The number of nitrogens with zero attached hydrogens (tertiary/aromatic N) is 3. The van der Waals surface area contributed by atoms with Crippen molar-refractivity contribution >= 4 is 0 Å². The Bertz CT molecular complexity index is 293. The minimum Gasteiger partial charge on any atom is -0.330 e. The summed E-state index contributed by atoms with van der Waals surface area (Å²) in [5.74, 6) is 1.76. The molecule has 1 aliphatic heterocycles. The SMILES string of the molecule is NCCC1CCN(Cc2ncccn2)CC1. The molecule has 0 spiro atoms. The third kappa shape index (κ3) is 3.25. The Kier molecular flexibility index (Phi) is 4.25. The van der Waals surface area contributed by atoms with Crippen molar-refractivity contribution in [2.45, 2.75) is 25.8 Å². The van der Waals surface area contributed by atoms with Crippen LogP contribution in [0.3, 0.4) is 0 Å². The molecule has 0 aliphatic carbocycles. The molecule has 0 bridgehead atoms. The first kappa shape index (κ1) is 11.5. The maximum atomic E-state index is 5.58. The lowest BCUT2D eigenvalue weighted by Gasteiger charge is -2.31. The van der Waals surface area contributed by atoms with Crippen molar-refractivity contribution in [1.29, 1.82) is 0 Å². The monoisotopic (exact) mass is 220 g/mol. The fourth-order valence-electron chi connectivity index (χ4n) is 2.28. The second-order valence-corrected chi connectivity index (χ2v) is 4.46. The number of rotatable bonds is 4. The Hall–Kier alpha value is -1.00. The second kappa shape index (κ2) is 5.92. The van der Waals surface area contributed by atoms with Crippen LogP contribution in [0.25, 0.3) is 0 Å². The summed E-state index contributed by atoms with van der Waals surface area (Å²) < 4.78 is 0. The smallest absolute Gasteiger partial charge is 0.142 e. The zero-order valence-electron chi connectivity index (χ0n) is 9.68. The Morgan fingerprint density at radius 2 is 1.94 bits per heavy atom. The number of hydrogen-bond acceptors (Lipinski definition) is 4. The van der Waals surface area contributed by atoms with E-state index < -0.39 is 0 Å². The molecule has 2 heterocycles. The van der Waals surface area contributed by atoms with E-state index in [0.717, 1.165) is 37.9 Å². The highest BCUT2D eigenvalue weighted by molar-refractivity contribution is 4.89. The fourth-order valence-corrected chi connectivity index (χ4v) is 2.28. The van der Waals surface area contributed by atoms with Gasteiger partial charge in [0.05, 0.1) is 6.54 Å². The molecule has 2 rings (SSSR count). The summed E-state index contributed by atoms with van der Waals surface area (Å²) in [4.78, 5) is 10.9. The van der Waals surface area contributed by atoms with Gasteiger partial charge in [-0.15, -0.1) is 0 Å². The zero-order chi connectivity index (χ0) is 11.2. The van der Waals surface area contributed by atoms with E-state index in [9.17, 15) is 0 Å². The number of nitrogens with two attached hydrogens (primary N) is 1. The molecule has 1 aromatic rings. The Morgan fingerprint density at radius 1 is 1.25 bits per heavy atom. The van der Waals surface area contributed by atoms with Crippen molar-refractivity contribution in [2.24, 2.45) is 11.7 Å². The van der Waals surface area contributed by atoms with Crippen LogP contribution in [0, 0.1) is 5.92 Å². The van der Waals surface area contributed by atoms with Crippen LogP contribution in [0.15, 0.2) is 18.5 Å². The molecular weight excluding hydrogens is 200 g/mol. The molecule has 0 unspecified atom stereocenters. The third-order valence-electron chi connectivity index (χ3n) is 3.27. The van der Waals surface area contributed by atoms with Gasteiger partial charge in [0.2, 0.25) is 0 Å². The Morgan fingerprint density at radius 3 is 2.56 bits per heavy atom. The molecule has 4 nitrogen and oxygen atoms in total. The van der Waals surface area contributed by atoms with Gasteiger partial charge in [-0.2, -0.15) is 0 Å². The lowest BCUT2D eigenvalue weighted by atomic mass is 9.94. The van der Waals surface area contributed by atoms with E-state index in [1.54, 1.807) is 0 Å². The van der Waals surface area contributed by atoms with Gasteiger partial charge in [0.1, 0.15) is 5.82 Å². The first-order valence-electron chi connectivity index (χ1n) is 6.07. The Labute approximate surface area is 96.9 Å². The molecule has 0 saturated carbocycles. The van der Waals surface area contributed by atoms with Gasteiger partial charge < -0.3 is 5.73 Å². The Balaban J connectivity index is 1.77. The summed E-state index contributed by atoms with van der Waals surface area (Å²) in [7, 11) is 0. The van der Waals surface area contributed by atoms with E-state index in [-0.39, 0.29) is 0 Å². The van der Waals surface area contributed by atoms with Crippen LogP contribution >= 0.6 is 0 Å². The van der Waals surface area contributed by atoms with Crippen LogP contribution < -0.4 is 5.73 Å². The largest absolute Gasteiger partial charge is 0.330 e. The molecule has 0 atom stereocenters. The summed E-state index contributed by atoms with van der Waals surface area (Å²) in [5.41, 5.74) is 5.58. The standard InChI is InChI=1S/C12H20N4/c13-5-2-11-3-8-16(9-4-11)10-12-14-6-1-7-15-12/h1,6-7,11H,2-5,8-10,13H2. The number of likely N-dealkylation sites (tertiary alicyclic amines) is 1. The quantitative estimate of drug-likeness (QED) is 0.823. The maximum absolute atomic E-state index is 5.58. The van der Waals surface area contributed by atoms with Crippen molar-refractivity contribution in [3.05, 3.63) is 24.3 Å². The minimum absolute atomic E-state index is 0.826. The van der Waals surface area contributed by atoms with E-state index in [4.69, 9.17) is 5.73 Å². The number of piperidine rings is 1. The van der Waals surface area contributed by atoms with E-state index in [2.05, 4.69) is 14.9 Å². The third-order valence-corrected chi connectivity index (χ3v) is 3.27. The normalized spacial score (nSPS) is 18.8. The van der Waals surface area contributed by atoms with E-state index >= 15 is 0 Å². The van der Waals surface area contributed by atoms with E-state index in [0.29, 0.717) is 0 Å². The fraction of sp³-hybridized carbons (Fsp3) is 0.667. The summed E-state index contributed by atoms with van der Waals surface area (Å²) >= 11 is 0. The van der Waals surface area contributed by atoms with Gasteiger partial charge in [-0.1, -0.05) is 0 Å². The van der Waals surface area contributed by atoms with E-state index in [1.165, 1.54) is 19.3 Å². The van der Waals surface area contributed by atoms with Crippen LogP contribution in [0.1, 0.15) is 25.1 Å². The maximum Gasteiger partial charge on any atom is 0.142 e. The lowest BCUT2D eigenvalue weighted by molar-refractivity contribution is 0.170. The molecule has 1 saturated heterocycles.